The predicted octanol–water partition coefficient (Wildman–Crippen LogP) is 7.30. The Balaban J connectivity index is 1.57. The summed E-state index contributed by atoms with van der Waals surface area (Å²) in [6.45, 7) is 18.8. The lowest BCUT2D eigenvalue weighted by molar-refractivity contribution is -0.227. The summed E-state index contributed by atoms with van der Waals surface area (Å²) in [5, 5.41) is 0. The summed E-state index contributed by atoms with van der Waals surface area (Å²) in [5.74, 6) is 3.16. The maximum Gasteiger partial charge on any atom is 0.235 e. The normalized spacial score (nSPS) is 52.5. The van der Waals surface area contributed by atoms with Gasteiger partial charge in [0.15, 0.2) is 0 Å². The number of carbonyl (C=O) groups is 1. The summed E-state index contributed by atoms with van der Waals surface area (Å²) >= 11 is 0. The van der Waals surface area contributed by atoms with E-state index < -0.39 is 0 Å². The fourth-order valence-electron chi connectivity index (χ4n) is 11.2. The van der Waals surface area contributed by atoms with Crippen LogP contribution in [0.5, 0.6) is 0 Å². The Morgan fingerprint density at radius 3 is 2.30 bits per heavy atom. The molecule has 3 nitrogen and oxygen atoms in total. The van der Waals surface area contributed by atoms with Crippen LogP contribution in [0.4, 0.5) is 0 Å². The van der Waals surface area contributed by atoms with E-state index in [9.17, 15) is 9.59 Å². The molecule has 0 saturated heterocycles. The summed E-state index contributed by atoms with van der Waals surface area (Å²) in [6.07, 6.45) is 13.1. The second-order valence-electron chi connectivity index (χ2n) is 14.1. The minimum absolute atomic E-state index is 0.191. The summed E-state index contributed by atoms with van der Waals surface area (Å²) < 4.78 is 0. The molecule has 5 fully saturated rings. The van der Waals surface area contributed by atoms with Gasteiger partial charge in [0, 0.05) is 11.8 Å². The predicted molar refractivity (Wildman–Crippen MR) is 132 cm³/mol. The third-order valence-corrected chi connectivity index (χ3v) is 13.0. The molecule has 33 heavy (non-hydrogen) atoms. The van der Waals surface area contributed by atoms with Crippen LogP contribution in [0, 0.1) is 51.2 Å². The first-order chi connectivity index (χ1) is 15.4. The van der Waals surface area contributed by atoms with Gasteiger partial charge in [0.25, 0.3) is 0 Å². The monoisotopic (exact) mass is 451 g/mol. The molecule has 0 radical (unpaired) electrons. The molecule has 182 valence electrons. The van der Waals surface area contributed by atoms with Gasteiger partial charge in [0.1, 0.15) is 5.78 Å². The van der Waals surface area contributed by atoms with E-state index in [2.05, 4.69) is 53.1 Å². The molecule has 0 N–H and O–H groups in total. The molecule has 0 spiro atoms. The first-order valence-electron chi connectivity index (χ1n) is 13.7. The van der Waals surface area contributed by atoms with Crippen LogP contribution in [0.3, 0.4) is 0 Å². The van der Waals surface area contributed by atoms with Crippen molar-refractivity contribution < 1.29 is 9.59 Å². The topological polar surface area (TPSA) is 46.5 Å². The van der Waals surface area contributed by atoms with E-state index >= 15 is 0 Å². The molecule has 0 heterocycles. The molecule has 0 aliphatic heterocycles. The van der Waals surface area contributed by atoms with Crippen molar-refractivity contribution in [3.63, 3.8) is 0 Å². The number of Topliss-reactive ketones (excluding diaryl/α,β-unsaturated/α-hetero) is 1. The molecule has 5 saturated carbocycles. The van der Waals surface area contributed by atoms with Gasteiger partial charge in [-0.1, -0.05) is 46.8 Å². The summed E-state index contributed by atoms with van der Waals surface area (Å²) in [5.41, 5.74) is 1.65. The van der Waals surface area contributed by atoms with E-state index in [4.69, 9.17) is 0 Å². The minimum Gasteiger partial charge on any atom is -0.299 e. The highest BCUT2D eigenvalue weighted by Gasteiger charge is 2.71. The Kier molecular flexibility index (Phi) is 5.10. The largest absolute Gasteiger partial charge is 0.299 e. The van der Waals surface area contributed by atoms with Crippen LogP contribution in [-0.4, -0.2) is 17.4 Å². The number of ketones is 1. The van der Waals surface area contributed by atoms with E-state index in [0.29, 0.717) is 35.4 Å². The standard InChI is InChI=1S/C30H45NO2/c1-19(2)20-10-15-30(31-18-32)17-16-28(6)21(25(20)30)8-9-23-27(5)13-12-24(33)26(3,4)22(27)11-14-29(23,28)7/h20-23,25H,1,8-17H2,2-7H3/t20-,21+,22-,23+,25-,27-,28+,29+,30-/m0/s1. The van der Waals surface area contributed by atoms with Crippen LogP contribution in [0.15, 0.2) is 17.1 Å². The fourth-order valence-corrected chi connectivity index (χ4v) is 11.2. The van der Waals surface area contributed by atoms with Gasteiger partial charge in [-0.3, -0.25) is 4.79 Å². The second-order valence-corrected chi connectivity index (χ2v) is 14.1. The summed E-state index contributed by atoms with van der Waals surface area (Å²) in [7, 11) is 0. The molecule has 0 aromatic carbocycles. The Hall–Kier alpha value is -1.21. The average Bonchev–Trinajstić information content (AvgIpc) is 3.12. The third kappa shape index (κ3) is 2.78. The molecular formula is C30H45NO2. The summed E-state index contributed by atoms with van der Waals surface area (Å²) in [6, 6.07) is 0. The van der Waals surface area contributed by atoms with Crippen LogP contribution in [0.25, 0.3) is 0 Å². The van der Waals surface area contributed by atoms with Crippen molar-refractivity contribution in [1.29, 1.82) is 0 Å². The number of carbonyl (C=O) groups excluding carboxylic acids is 2. The lowest BCUT2D eigenvalue weighted by atomic mass is 9.32. The van der Waals surface area contributed by atoms with Crippen molar-refractivity contribution in [3.05, 3.63) is 12.2 Å². The molecule has 5 aliphatic carbocycles. The Labute approximate surface area is 201 Å². The number of rotatable bonds is 2. The minimum atomic E-state index is -0.209. The molecule has 5 rings (SSSR count). The second kappa shape index (κ2) is 7.16. The van der Waals surface area contributed by atoms with Gasteiger partial charge >= 0.3 is 0 Å². The number of aliphatic imine (C=N–C) groups is 1. The van der Waals surface area contributed by atoms with Gasteiger partial charge in [0.05, 0.1) is 5.54 Å². The Morgan fingerprint density at radius 2 is 1.64 bits per heavy atom. The van der Waals surface area contributed by atoms with E-state index in [1.54, 1.807) is 0 Å². The number of nitrogens with zero attached hydrogens (tertiary/aromatic N) is 1. The molecule has 0 aromatic rings. The van der Waals surface area contributed by atoms with Gasteiger partial charge in [0.2, 0.25) is 6.08 Å². The lowest BCUT2D eigenvalue weighted by Crippen LogP contribution is -2.66. The van der Waals surface area contributed by atoms with Crippen molar-refractivity contribution in [2.45, 2.75) is 111 Å². The quantitative estimate of drug-likeness (QED) is 0.251. The first kappa shape index (κ1) is 23.5. The number of hydrogen-bond donors (Lipinski definition) is 0. The maximum absolute atomic E-state index is 12.9. The van der Waals surface area contributed by atoms with Crippen molar-refractivity contribution in [2.24, 2.45) is 56.2 Å². The van der Waals surface area contributed by atoms with Crippen molar-refractivity contribution in [1.82, 2.24) is 0 Å². The highest BCUT2D eigenvalue weighted by molar-refractivity contribution is 5.85. The molecule has 0 bridgehead atoms. The van der Waals surface area contributed by atoms with Crippen LogP contribution >= 0.6 is 0 Å². The zero-order valence-electron chi connectivity index (χ0n) is 21.9. The van der Waals surface area contributed by atoms with Gasteiger partial charge in [-0.2, -0.15) is 4.99 Å². The average molecular weight is 452 g/mol. The lowest BCUT2D eigenvalue weighted by Gasteiger charge is -2.72. The molecule has 9 atom stereocenters. The van der Waals surface area contributed by atoms with Crippen LogP contribution in [-0.2, 0) is 9.59 Å². The van der Waals surface area contributed by atoms with Crippen molar-refractivity contribution in [3.8, 4) is 0 Å². The summed E-state index contributed by atoms with van der Waals surface area (Å²) in [4.78, 5) is 29.1. The Bertz CT molecular complexity index is 930. The fraction of sp³-hybridized carbons (Fsp3) is 0.867. The molecule has 0 unspecified atom stereocenters. The number of hydrogen-bond acceptors (Lipinski definition) is 3. The van der Waals surface area contributed by atoms with Crippen molar-refractivity contribution >= 4 is 11.9 Å². The zero-order valence-corrected chi connectivity index (χ0v) is 21.9. The van der Waals surface area contributed by atoms with E-state index in [1.165, 1.54) is 37.7 Å². The third-order valence-electron chi connectivity index (χ3n) is 13.0. The van der Waals surface area contributed by atoms with Gasteiger partial charge in [-0.25, -0.2) is 4.79 Å². The van der Waals surface area contributed by atoms with Crippen molar-refractivity contribution in [2.75, 3.05) is 0 Å². The van der Waals surface area contributed by atoms with E-state index in [-0.39, 0.29) is 27.2 Å². The van der Waals surface area contributed by atoms with Crippen LogP contribution < -0.4 is 0 Å². The van der Waals surface area contributed by atoms with E-state index in [0.717, 1.165) is 32.1 Å². The van der Waals surface area contributed by atoms with E-state index in [1.807, 2.05) is 6.08 Å². The molecular weight excluding hydrogens is 406 g/mol. The highest BCUT2D eigenvalue weighted by Crippen LogP contribution is 2.76. The number of isocyanates is 1. The first-order valence-corrected chi connectivity index (χ1v) is 13.7. The highest BCUT2D eigenvalue weighted by atomic mass is 16.1. The van der Waals surface area contributed by atoms with Crippen LogP contribution in [0.2, 0.25) is 0 Å². The van der Waals surface area contributed by atoms with Gasteiger partial charge < -0.3 is 0 Å². The number of fused-ring (bicyclic) bond motifs is 7. The molecule has 0 aromatic heterocycles. The zero-order chi connectivity index (χ0) is 24.0. The van der Waals surface area contributed by atoms with Gasteiger partial charge in [-0.15, -0.1) is 0 Å². The SMILES string of the molecule is C=C(C)[C@@H]1CC[C@]2(N=C=O)CC[C@]3(C)[C@H](CC[C@@H]4[C@@]5(C)CCC(=O)C(C)(C)[C@@H]5CC[C@]43C)[C@H]12. The molecule has 5 aliphatic rings. The maximum atomic E-state index is 12.9. The molecule has 0 amide bonds. The van der Waals surface area contributed by atoms with Gasteiger partial charge in [-0.05, 0) is 111 Å². The van der Waals surface area contributed by atoms with Crippen LogP contribution in [0.1, 0.15) is 106 Å². The smallest absolute Gasteiger partial charge is 0.235 e. The molecule has 3 heteroatoms. The Morgan fingerprint density at radius 1 is 0.909 bits per heavy atom. The number of allylic oxidation sites excluding steroid dienone is 1.